The first-order valence-electron chi connectivity index (χ1n) is 14.5. The van der Waals surface area contributed by atoms with E-state index in [0.717, 1.165) is 63.8 Å². The van der Waals surface area contributed by atoms with Crippen LogP contribution in [0.3, 0.4) is 0 Å². The molecule has 0 fully saturated rings. The predicted molar refractivity (Wildman–Crippen MR) is 169 cm³/mol. The fraction of sp³-hybridized carbons (Fsp3) is 0.167. The molecular formula is C36H28N2O5S. The molecule has 3 heterocycles. The summed E-state index contributed by atoms with van der Waals surface area (Å²) in [5, 5.41) is 0. The second kappa shape index (κ2) is 10.9. The number of thiazole rings is 1. The molecule has 1 aromatic heterocycles. The lowest BCUT2D eigenvalue weighted by molar-refractivity contribution is 0.174. The van der Waals surface area contributed by atoms with Crippen LogP contribution in [0.1, 0.15) is 40.3 Å². The minimum atomic E-state index is -0.251. The number of ether oxygens (including phenoxy) is 4. The standard InChI is InChI=1S/C36H28N2O5S/c1-40-27-7-4-6-25(19-27)34-29-15-12-24-5-2-3-8-28(24)33(29)37-36-38(34)35(39)32(44-36)18-22-9-13-26(14-10-22)41-20-23-11-16-30-31(17-23)43-21-42-30/h2-11,13-14,16-19,34H,12,15,20-21H2,1H3/b32-18+/t34-/m0/s1. The minimum absolute atomic E-state index is 0.0462. The van der Waals surface area contributed by atoms with Gasteiger partial charge in [0, 0.05) is 5.56 Å². The van der Waals surface area contributed by atoms with Crippen molar-refractivity contribution in [2.45, 2.75) is 25.5 Å². The summed E-state index contributed by atoms with van der Waals surface area (Å²) in [6.07, 6.45) is 3.69. The van der Waals surface area contributed by atoms with Crippen molar-refractivity contribution in [1.29, 1.82) is 0 Å². The van der Waals surface area contributed by atoms with E-state index < -0.39 is 0 Å². The molecule has 0 radical (unpaired) electrons. The number of allylic oxidation sites excluding steroid dienone is 1. The van der Waals surface area contributed by atoms with Crippen molar-refractivity contribution < 1.29 is 18.9 Å². The summed E-state index contributed by atoms with van der Waals surface area (Å²) in [6, 6.07) is 29.8. The third kappa shape index (κ3) is 4.68. The highest BCUT2D eigenvalue weighted by Crippen LogP contribution is 2.41. The quantitative estimate of drug-likeness (QED) is 0.253. The van der Waals surface area contributed by atoms with E-state index in [2.05, 4.69) is 30.3 Å². The summed E-state index contributed by atoms with van der Waals surface area (Å²) in [7, 11) is 1.67. The molecule has 0 unspecified atom stereocenters. The van der Waals surface area contributed by atoms with E-state index in [-0.39, 0.29) is 18.4 Å². The molecule has 2 aliphatic heterocycles. The van der Waals surface area contributed by atoms with Crippen LogP contribution in [-0.2, 0) is 13.0 Å². The molecule has 4 aromatic carbocycles. The van der Waals surface area contributed by atoms with Crippen molar-refractivity contribution in [1.82, 2.24) is 4.57 Å². The van der Waals surface area contributed by atoms with E-state index in [9.17, 15) is 4.79 Å². The highest BCUT2D eigenvalue weighted by molar-refractivity contribution is 7.07. The van der Waals surface area contributed by atoms with Crippen LogP contribution in [0, 0.1) is 0 Å². The fourth-order valence-corrected chi connectivity index (χ4v) is 7.14. The number of fused-ring (bicyclic) bond motifs is 4. The van der Waals surface area contributed by atoms with Gasteiger partial charge in [0.1, 0.15) is 18.1 Å². The largest absolute Gasteiger partial charge is 0.497 e. The van der Waals surface area contributed by atoms with E-state index >= 15 is 0 Å². The Balaban J connectivity index is 1.14. The van der Waals surface area contributed by atoms with Gasteiger partial charge < -0.3 is 18.9 Å². The van der Waals surface area contributed by atoms with E-state index in [1.807, 2.05) is 71.3 Å². The summed E-state index contributed by atoms with van der Waals surface area (Å²) in [4.78, 5) is 19.9. The highest BCUT2D eigenvalue weighted by Gasteiger charge is 2.32. The van der Waals surface area contributed by atoms with Gasteiger partial charge in [0.25, 0.3) is 5.56 Å². The van der Waals surface area contributed by atoms with Crippen molar-refractivity contribution >= 4 is 23.1 Å². The Morgan fingerprint density at radius 1 is 0.932 bits per heavy atom. The zero-order valence-corrected chi connectivity index (χ0v) is 24.8. The summed E-state index contributed by atoms with van der Waals surface area (Å²) < 4.78 is 24.9. The van der Waals surface area contributed by atoms with Gasteiger partial charge in [0.2, 0.25) is 6.79 Å². The zero-order chi connectivity index (χ0) is 29.6. The first-order valence-corrected chi connectivity index (χ1v) is 15.3. The van der Waals surface area contributed by atoms with Crippen molar-refractivity contribution in [3.8, 4) is 23.0 Å². The topological polar surface area (TPSA) is 71.3 Å². The van der Waals surface area contributed by atoms with Crippen LogP contribution in [0.5, 0.6) is 23.0 Å². The fourth-order valence-electron chi connectivity index (χ4n) is 6.14. The van der Waals surface area contributed by atoms with E-state index in [1.54, 1.807) is 7.11 Å². The van der Waals surface area contributed by atoms with Gasteiger partial charge in [0.15, 0.2) is 16.3 Å². The molecule has 8 rings (SSSR count). The molecule has 1 atom stereocenters. The number of rotatable bonds is 6. The molecule has 8 heteroatoms. The lowest BCUT2D eigenvalue weighted by Gasteiger charge is -2.31. The number of hydrogen-bond donors (Lipinski definition) is 0. The maximum Gasteiger partial charge on any atom is 0.271 e. The number of benzene rings is 4. The van der Waals surface area contributed by atoms with Crippen LogP contribution >= 0.6 is 11.3 Å². The van der Waals surface area contributed by atoms with Gasteiger partial charge in [-0.05, 0) is 83.1 Å². The van der Waals surface area contributed by atoms with Crippen LogP contribution in [0.4, 0.5) is 0 Å². The highest BCUT2D eigenvalue weighted by atomic mass is 32.1. The van der Waals surface area contributed by atoms with Gasteiger partial charge in [-0.25, -0.2) is 4.99 Å². The Hall–Kier alpha value is -5.08. The molecule has 5 aromatic rings. The second-order valence-electron chi connectivity index (χ2n) is 10.9. The molecule has 0 saturated heterocycles. The average Bonchev–Trinajstić information content (AvgIpc) is 3.66. The number of methoxy groups -OCH3 is 1. The first kappa shape index (κ1) is 26.5. The molecule has 0 bridgehead atoms. The van der Waals surface area contributed by atoms with Crippen molar-refractivity contribution in [3.05, 3.63) is 144 Å². The number of aryl methyl sites for hydroxylation is 1. The Kier molecular flexibility index (Phi) is 6.56. The molecule has 218 valence electrons. The molecule has 3 aliphatic rings. The molecule has 1 aliphatic carbocycles. The molecule has 44 heavy (non-hydrogen) atoms. The van der Waals surface area contributed by atoms with Gasteiger partial charge in [0.05, 0.1) is 23.4 Å². The Labute approximate surface area is 257 Å². The summed E-state index contributed by atoms with van der Waals surface area (Å²) >= 11 is 1.43. The maximum atomic E-state index is 14.1. The van der Waals surface area contributed by atoms with Crippen LogP contribution in [-0.4, -0.2) is 18.5 Å². The molecule has 0 amide bonds. The lowest BCUT2D eigenvalue weighted by Crippen LogP contribution is -2.38. The summed E-state index contributed by atoms with van der Waals surface area (Å²) in [5.74, 6) is 3.00. The van der Waals surface area contributed by atoms with Crippen molar-refractivity contribution in [2.75, 3.05) is 13.9 Å². The van der Waals surface area contributed by atoms with Crippen LogP contribution in [0.2, 0.25) is 0 Å². The normalized spacial score (nSPS) is 16.6. The third-order valence-electron chi connectivity index (χ3n) is 8.30. The SMILES string of the molecule is COc1cccc([C@H]2C3=C(N=c4s/c(=C/c5ccc(OCc6ccc7c(c6)OCO7)cc5)c(=O)n42)c2ccccc2CC3)c1. The Morgan fingerprint density at radius 2 is 1.80 bits per heavy atom. The van der Waals surface area contributed by atoms with Crippen LogP contribution in [0.25, 0.3) is 11.8 Å². The first-order chi connectivity index (χ1) is 21.6. The molecule has 7 nitrogen and oxygen atoms in total. The van der Waals surface area contributed by atoms with Crippen molar-refractivity contribution in [2.24, 2.45) is 4.99 Å². The Morgan fingerprint density at radius 3 is 2.68 bits per heavy atom. The predicted octanol–water partition coefficient (Wildman–Crippen LogP) is 5.64. The Bertz CT molecular complexity index is 2130. The maximum absolute atomic E-state index is 14.1. The average molecular weight is 601 g/mol. The molecular weight excluding hydrogens is 572 g/mol. The molecule has 0 saturated carbocycles. The minimum Gasteiger partial charge on any atom is -0.497 e. The monoisotopic (exact) mass is 600 g/mol. The van der Waals surface area contributed by atoms with Gasteiger partial charge in [-0.15, -0.1) is 0 Å². The second-order valence-corrected chi connectivity index (χ2v) is 11.9. The summed E-state index contributed by atoms with van der Waals surface area (Å²) in [6.45, 7) is 0.656. The zero-order valence-electron chi connectivity index (χ0n) is 24.0. The lowest BCUT2D eigenvalue weighted by atomic mass is 9.83. The summed E-state index contributed by atoms with van der Waals surface area (Å²) in [5.41, 5.74) is 7.47. The smallest absolute Gasteiger partial charge is 0.271 e. The van der Waals surface area contributed by atoms with Gasteiger partial charge in [-0.2, -0.15) is 0 Å². The molecule has 0 N–H and O–H groups in total. The van der Waals surface area contributed by atoms with Gasteiger partial charge in [-0.1, -0.05) is 65.9 Å². The van der Waals surface area contributed by atoms with E-state index in [4.69, 9.17) is 23.9 Å². The van der Waals surface area contributed by atoms with E-state index in [1.165, 1.54) is 22.5 Å². The number of nitrogens with zero attached hydrogens (tertiary/aromatic N) is 2. The van der Waals surface area contributed by atoms with Crippen LogP contribution < -0.4 is 33.8 Å². The van der Waals surface area contributed by atoms with Gasteiger partial charge >= 0.3 is 0 Å². The van der Waals surface area contributed by atoms with Crippen molar-refractivity contribution in [3.63, 3.8) is 0 Å². The molecule has 0 spiro atoms. The number of aromatic nitrogens is 1. The van der Waals surface area contributed by atoms with Gasteiger partial charge in [-0.3, -0.25) is 9.36 Å². The third-order valence-corrected chi connectivity index (χ3v) is 9.29. The number of hydrogen-bond acceptors (Lipinski definition) is 7. The van der Waals surface area contributed by atoms with E-state index in [0.29, 0.717) is 15.9 Å². The van der Waals surface area contributed by atoms with Crippen LogP contribution in [0.15, 0.2) is 106 Å².